The fourth-order valence-electron chi connectivity index (χ4n) is 2.51. The number of ether oxygens (including phenoxy) is 1. The van der Waals surface area contributed by atoms with Crippen molar-refractivity contribution in [1.29, 1.82) is 0 Å². The zero-order chi connectivity index (χ0) is 19.6. The summed E-state index contributed by atoms with van der Waals surface area (Å²) in [5, 5.41) is 11.6. The fraction of sp³-hybridized carbons (Fsp3) is 0.333. The molecule has 2 aromatic rings. The minimum Gasteiger partial charge on any atom is -0.494 e. The van der Waals surface area contributed by atoms with Gasteiger partial charge in [-0.05, 0) is 56.5 Å². The molecule has 0 aliphatic carbocycles. The number of aliphatic carboxylic acids is 1. The Kier molecular flexibility index (Phi) is 8.20. The highest BCUT2D eigenvalue weighted by Gasteiger charge is 2.19. The summed E-state index contributed by atoms with van der Waals surface area (Å²) >= 11 is 1.15. The van der Waals surface area contributed by atoms with Crippen LogP contribution in [-0.4, -0.2) is 34.6 Å². The number of carboxylic acid groups (broad SMARTS) is 1. The molecular formula is C21H25NO4S. The van der Waals surface area contributed by atoms with Crippen molar-refractivity contribution < 1.29 is 19.4 Å². The molecule has 0 saturated heterocycles. The van der Waals surface area contributed by atoms with Gasteiger partial charge in [-0.3, -0.25) is 9.59 Å². The van der Waals surface area contributed by atoms with E-state index in [4.69, 9.17) is 4.74 Å². The quantitative estimate of drug-likeness (QED) is 0.640. The number of thioether (sulfide) groups is 1. The summed E-state index contributed by atoms with van der Waals surface area (Å²) in [7, 11) is 0. The molecule has 2 N–H and O–H groups in total. The van der Waals surface area contributed by atoms with Crippen LogP contribution in [0.4, 0.5) is 5.69 Å². The molecule has 1 amide bonds. The second kappa shape index (κ2) is 10.6. The Bertz CT molecular complexity index is 744. The number of hydrogen-bond donors (Lipinski definition) is 2. The van der Waals surface area contributed by atoms with E-state index in [1.807, 2.05) is 38.1 Å². The molecule has 2 rings (SSSR count). The van der Waals surface area contributed by atoms with Gasteiger partial charge in [0.2, 0.25) is 5.91 Å². The molecule has 1 atom stereocenters. The van der Waals surface area contributed by atoms with Gasteiger partial charge in [-0.1, -0.05) is 29.8 Å². The summed E-state index contributed by atoms with van der Waals surface area (Å²) < 4.78 is 5.36. The van der Waals surface area contributed by atoms with E-state index in [9.17, 15) is 14.7 Å². The van der Waals surface area contributed by atoms with E-state index in [1.54, 1.807) is 24.3 Å². The predicted octanol–water partition coefficient (Wildman–Crippen LogP) is 4.15. The first-order valence-electron chi connectivity index (χ1n) is 8.90. The minimum atomic E-state index is -0.888. The Morgan fingerprint density at radius 1 is 1.11 bits per heavy atom. The molecule has 27 heavy (non-hydrogen) atoms. The van der Waals surface area contributed by atoms with Gasteiger partial charge >= 0.3 is 5.97 Å². The zero-order valence-corrected chi connectivity index (χ0v) is 16.4. The second-order valence-electron chi connectivity index (χ2n) is 6.17. The lowest BCUT2D eigenvalue weighted by Gasteiger charge is -2.12. The van der Waals surface area contributed by atoms with Gasteiger partial charge in [-0.15, -0.1) is 11.8 Å². The molecule has 2 aromatic carbocycles. The molecule has 1 unspecified atom stereocenters. The Morgan fingerprint density at radius 3 is 2.37 bits per heavy atom. The monoisotopic (exact) mass is 387 g/mol. The standard InChI is InChI=1S/C21H25NO4S/c1-3-26-18-11-9-17(10-12-18)22-20(23)14-27-19(21(24)25)13-8-16-6-4-15(2)5-7-16/h4-7,9-12,19H,3,8,13-14H2,1-2H3,(H,22,23)(H,24,25). The van der Waals surface area contributed by atoms with Crippen LogP contribution in [0.25, 0.3) is 0 Å². The second-order valence-corrected chi connectivity index (χ2v) is 7.36. The van der Waals surface area contributed by atoms with Gasteiger partial charge in [0.15, 0.2) is 0 Å². The number of carbonyl (C=O) groups excluding carboxylic acids is 1. The van der Waals surface area contributed by atoms with Crippen LogP contribution >= 0.6 is 11.8 Å². The Labute approximate surface area is 164 Å². The van der Waals surface area contributed by atoms with Crippen LogP contribution < -0.4 is 10.1 Å². The highest BCUT2D eigenvalue weighted by atomic mass is 32.2. The minimum absolute atomic E-state index is 0.0953. The number of rotatable bonds is 10. The molecule has 0 saturated carbocycles. The number of amides is 1. The Balaban J connectivity index is 1.80. The maximum atomic E-state index is 12.1. The maximum Gasteiger partial charge on any atom is 0.316 e. The normalized spacial score (nSPS) is 11.6. The molecular weight excluding hydrogens is 362 g/mol. The van der Waals surface area contributed by atoms with Crippen LogP contribution in [0.2, 0.25) is 0 Å². The smallest absolute Gasteiger partial charge is 0.316 e. The van der Waals surface area contributed by atoms with Gasteiger partial charge in [0.25, 0.3) is 0 Å². The highest BCUT2D eigenvalue weighted by molar-refractivity contribution is 8.01. The summed E-state index contributed by atoms with van der Waals surface area (Å²) in [5.74, 6) is -0.267. The van der Waals surface area contributed by atoms with E-state index >= 15 is 0 Å². The van der Waals surface area contributed by atoms with Crippen LogP contribution in [0.15, 0.2) is 48.5 Å². The van der Waals surface area contributed by atoms with Crippen LogP contribution in [-0.2, 0) is 16.0 Å². The van der Waals surface area contributed by atoms with Crippen LogP contribution in [0.1, 0.15) is 24.5 Å². The summed E-state index contributed by atoms with van der Waals surface area (Å²) in [5.41, 5.74) is 2.94. The van der Waals surface area contributed by atoms with E-state index in [2.05, 4.69) is 5.32 Å². The summed E-state index contributed by atoms with van der Waals surface area (Å²) in [6.45, 7) is 4.51. The van der Waals surface area contributed by atoms with Crippen LogP contribution in [0.3, 0.4) is 0 Å². The lowest BCUT2D eigenvalue weighted by atomic mass is 10.1. The number of hydrogen-bond acceptors (Lipinski definition) is 4. The van der Waals surface area contributed by atoms with Crippen molar-refractivity contribution in [2.24, 2.45) is 0 Å². The molecule has 0 aromatic heterocycles. The van der Waals surface area contributed by atoms with E-state index in [1.165, 1.54) is 5.56 Å². The highest BCUT2D eigenvalue weighted by Crippen LogP contribution is 2.20. The topological polar surface area (TPSA) is 75.6 Å². The Morgan fingerprint density at radius 2 is 1.78 bits per heavy atom. The molecule has 5 nitrogen and oxygen atoms in total. The lowest BCUT2D eigenvalue weighted by molar-refractivity contribution is -0.136. The average Bonchev–Trinajstić information content (AvgIpc) is 2.64. The first-order chi connectivity index (χ1) is 13.0. The van der Waals surface area contributed by atoms with Gasteiger partial charge < -0.3 is 15.2 Å². The third kappa shape index (κ3) is 7.35. The molecule has 0 fully saturated rings. The van der Waals surface area contributed by atoms with Crippen molar-refractivity contribution in [2.45, 2.75) is 31.9 Å². The molecule has 6 heteroatoms. The number of nitrogens with one attached hydrogen (secondary N) is 1. The van der Waals surface area contributed by atoms with E-state index in [0.29, 0.717) is 25.1 Å². The summed E-state index contributed by atoms with van der Waals surface area (Å²) in [4.78, 5) is 23.6. The van der Waals surface area contributed by atoms with E-state index in [0.717, 1.165) is 23.1 Å². The zero-order valence-electron chi connectivity index (χ0n) is 15.6. The van der Waals surface area contributed by atoms with Crippen molar-refractivity contribution >= 4 is 29.3 Å². The van der Waals surface area contributed by atoms with Crippen molar-refractivity contribution in [1.82, 2.24) is 0 Å². The maximum absolute atomic E-state index is 12.1. The summed E-state index contributed by atoms with van der Waals surface area (Å²) in [6.07, 6.45) is 1.16. The molecule has 0 bridgehead atoms. The van der Waals surface area contributed by atoms with Gasteiger partial charge in [0.05, 0.1) is 12.4 Å². The fourth-order valence-corrected chi connectivity index (χ4v) is 3.36. The average molecular weight is 388 g/mol. The molecule has 0 radical (unpaired) electrons. The van der Waals surface area contributed by atoms with E-state index in [-0.39, 0.29) is 11.7 Å². The first-order valence-corrected chi connectivity index (χ1v) is 9.95. The number of carboxylic acids is 1. The molecule has 0 aliphatic heterocycles. The van der Waals surface area contributed by atoms with Crippen molar-refractivity contribution in [3.63, 3.8) is 0 Å². The van der Waals surface area contributed by atoms with Crippen molar-refractivity contribution in [2.75, 3.05) is 17.7 Å². The lowest BCUT2D eigenvalue weighted by Crippen LogP contribution is -2.22. The molecule has 144 valence electrons. The third-order valence-electron chi connectivity index (χ3n) is 3.96. The van der Waals surface area contributed by atoms with Crippen molar-refractivity contribution in [3.05, 3.63) is 59.7 Å². The third-order valence-corrected chi connectivity index (χ3v) is 5.22. The predicted molar refractivity (Wildman–Crippen MR) is 110 cm³/mol. The largest absolute Gasteiger partial charge is 0.494 e. The van der Waals surface area contributed by atoms with Gasteiger partial charge in [0, 0.05) is 5.69 Å². The van der Waals surface area contributed by atoms with Crippen molar-refractivity contribution in [3.8, 4) is 5.75 Å². The SMILES string of the molecule is CCOc1ccc(NC(=O)CSC(CCc2ccc(C)cc2)C(=O)O)cc1. The first kappa shape index (κ1) is 20.8. The van der Waals surface area contributed by atoms with E-state index < -0.39 is 11.2 Å². The Hall–Kier alpha value is -2.47. The number of carbonyl (C=O) groups is 2. The molecule has 0 aliphatic rings. The molecule has 0 spiro atoms. The number of benzene rings is 2. The summed E-state index contributed by atoms with van der Waals surface area (Å²) in [6, 6.07) is 15.2. The van der Waals surface area contributed by atoms with Crippen LogP contribution in [0, 0.1) is 6.92 Å². The number of aryl methyl sites for hydroxylation is 2. The van der Waals surface area contributed by atoms with Gasteiger partial charge in [0.1, 0.15) is 11.0 Å². The van der Waals surface area contributed by atoms with Gasteiger partial charge in [-0.25, -0.2) is 0 Å². The number of anilines is 1. The van der Waals surface area contributed by atoms with Gasteiger partial charge in [-0.2, -0.15) is 0 Å². The van der Waals surface area contributed by atoms with Crippen LogP contribution in [0.5, 0.6) is 5.75 Å². The molecule has 0 heterocycles.